The van der Waals surface area contributed by atoms with Gasteiger partial charge in [0.05, 0.1) is 5.52 Å². The molecular formula is C8H6BrNO3. The van der Waals surface area contributed by atoms with E-state index < -0.39 is 5.76 Å². The van der Waals surface area contributed by atoms with Crippen molar-refractivity contribution in [2.45, 2.75) is 0 Å². The molecule has 0 aliphatic rings. The molecule has 68 valence electrons. The number of hydrogen-bond donors (Lipinski definition) is 1. The van der Waals surface area contributed by atoms with Crippen LogP contribution in [0.1, 0.15) is 0 Å². The monoisotopic (exact) mass is 243 g/mol. The minimum absolute atomic E-state index is 0.0397. The van der Waals surface area contributed by atoms with Gasteiger partial charge in [-0.05, 0) is 12.1 Å². The molecule has 0 atom stereocenters. The molecule has 0 radical (unpaired) electrons. The van der Waals surface area contributed by atoms with Gasteiger partial charge in [0.15, 0.2) is 11.3 Å². The number of aryl methyl sites for hydroxylation is 1. The van der Waals surface area contributed by atoms with Crippen LogP contribution in [0.3, 0.4) is 0 Å². The van der Waals surface area contributed by atoms with Crippen LogP contribution in [0, 0.1) is 0 Å². The lowest BCUT2D eigenvalue weighted by Gasteiger charge is -1.95. The van der Waals surface area contributed by atoms with Crippen molar-refractivity contribution in [3.8, 4) is 5.75 Å². The first-order valence-electron chi connectivity index (χ1n) is 3.57. The Bertz CT molecular complexity index is 526. The summed E-state index contributed by atoms with van der Waals surface area (Å²) in [6.45, 7) is 0. The Balaban J connectivity index is 3.03. The number of nitrogens with zero attached hydrogens (tertiary/aromatic N) is 1. The van der Waals surface area contributed by atoms with Crippen LogP contribution in [0.15, 0.2) is 25.8 Å². The highest BCUT2D eigenvalue weighted by Gasteiger charge is 2.10. The van der Waals surface area contributed by atoms with Gasteiger partial charge in [-0.1, -0.05) is 15.9 Å². The van der Waals surface area contributed by atoms with Crippen LogP contribution in [-0.4, -0.2) is 9.67 Å². The third-order valence-corrected chi connectivity index (χ3v) is 2.30. The molecule has 1 aromatic heterocycles. The number of halogens is 1. The van der Waals surface area contributed by atoms with Crippen LogP contribution in [0.5, 0.6) is 5.75 Å². The highest BCUT2D eigenvalue weighted by atomic mass is 79.9. The minimum atomic E-state index is -0.483. The molecule has 2 aromatic rings. The number of aromatic hydroxyl groups is 1. The van der Waals surface area contributed by atoms with E-state index in [1.54, 1.807) is 13.1 Å². The lowest BCUT2D eigenvalue weighted by Crippen LogP contribution is -2.08. The van der Waals surface area contributed by atoms with Crippen molar-refractivity contribution in [3.05, 3.63) is 27.2 Å². The summed E-state index contributed by atoms with van der Waals surface area (Å²) in [6.07, 6.45) is 0. The van der Waals surface area contributed by atoms with Gasteiger partial charge >= 0.3 is 5.76 Å². The number of phenolic OH excluding ortho intramolecular Hbond substituents is 1. The van der Waals surface area contributed by atoms with Crippen LogP contribution in [0.4, 0.5) is 0 Å². The highest BCUT2D eigenvalue weighted by molar-refractivity contribution is 9.10. The Labute approximate surface area is 81.5 Å². The Kier molecular flexibility index (Phi) is 1.69. The summed E-state index contributed by atoms with van der Waals surface area (Å²) in [5.74, 6) is -0.523. The normalized spacial score (nSPS) is 10.9. The summed E-state index contributed by atoms with van der Waals surface area (Å²) in [7, 11) is 1.58. The first kappa shape index (κ1) is 8.37. The SMILES string of the molecule is Cn1c(=O)oc2c(O)cc(Br)cc21. The Morgan fingerprint density at radius 3 is 2.92 bits per heavy atom. The zero-order valence-electron chi connectivity index (χ0n) is 6.74. The van der Waals surface area contributed by atoms with E-state index in [1.165, 1.54) is 10.6 Å². The van der Waals surface area contributed by atoms with Crippen molar-refractivity contribution in [1.82, 2.24) is 4.57 Å². The molecule has 0 amide bonds. The van der Waals surface area contributed by atoms with E-state index in [0.29, 0.717) is 9.99 Å². The second-order valence-corrected chi connectivity index (χ2v) is 3.62. The molecule has 0 spiro atoms. The fourth-order valence-corrected chi connectivity index (χ4v) is 1.61. The van der Waals surface area contributed by atoms with Gasteiger partial charge in [-0.25, -0.2) is 4.79 Å². The standard InChI is InChI=1S/C8H6BrNO3/c1-10-5-2-4(9)3-6(11)7(5)13-8(10)12/h2-3,11H,1H3. The number of phenols is 1. The molecule has 1 N–H and O–H groups in total. The van der Waals surface area contributed by atoms with E-state index in [-0.39, 0.29) is 11.3 Å². The molecule has 1 heterocycles. The second kappa shape index (κ2) is 2.63. The van der Waals surface area contributed by atoms with E-state index >= 15 is 0 Å². The van der Waals surface area contributed by atoms with Gasteiger partial charge in [-0.15, -0.1) is 0 Å². The fourth-order valence-electron chi connectivity index (χ4n) is 1.17. The summed E-state index contributed by atoms with van der Waals surface area (Å²) in [4.78, 5) is 11.1. The molecular weight excluding hydrogens is 238 g/mol. The largest absolute Gasteiger partial charge is 0.504 e. The van der Waals surface area contributed by atoms with E-state index in [4.69, 9.17) is 4.42 Å². The van der Waals surface area contributed by atoms with Crippen LogP contribution in [0.2, 0.25) is 0 Å². The predicted molar refractivity (Wildman–Crippen MR) is 50.8 cm³/mol. The van der Waals surface area contributed by atoms with E-state index in [1.807, 2.05) is 0 Å². The van der Waals surface area contributed by atoms with Gasteiger partial charge in [-0.2, -0.15) is 0 Å². The summed E-state index contributed by atoms with van der Waals surface area (Å²) in [5.41, 5.74) is 0.785. The van der Waals surface area contributed by atoms with E-state index in [9.17, 15) is 9.90 Å². The number of benzene rings is 1. The third-order valence-electron chi connectivity index (χ3n) is 1.84. The van der Waals surface area contributed by atoms with Gasteiger partial charge in [0.25, 0.3) is 0 Å². The molecule has 2 rings (SSSR count). The van der Waals surface area contributed by atoms with Crippen LogP contribution < -0.4 is 5.76 Å². The molecule has 0 bridgehead atoms. The van der Waals surface area contributed by atoms with Crippen LogP contribution >= 0.6 is 15.9 Å². The summed E-state index contributed by atoms with van der Waals surface area (Å²) >= 11 is 3.21. The Morgan fingerprint density at radius 1 is 1.54 bits per heavy atom. The average molecular weight is 244 g/mol. The summed E-state index contributed by atoms with van der Waals surface area (Å²) < 4.78 is 6.86. The number of rotatable bonds is 0. The minimum Gasteiger partial charge on any atom is -0.504 e. The van der Waals surface area contributed by atoms with E-state index in [2.05, 4.69) is 15.9 Å². The fraction of sp³-hybridized carbons (Fsp3) is 0.125. The molecule has 0 aliphatic heterocycles. The third kappa shape index (κ3) is 1.16. The van der Waals surface area contributed by atoms with Crippen molar-refractivity contribution in [1.29, 1.82) is 0 Å². The number of aromatic nitrogens is 1. The summed E-state index contributed by atoms with van der Waals surface area (Å²) in [6, 6.07) is 3.19. The predicted octanol–water partition coefficient (Wildman–Crippen LogP) is 1.60. The first-order chi connectivity index (χ1) is 6.09. The maximum atomic E-state index is 11.1. The van der Waals surface area contributed by atoms with Crippen molar-refractivity contribution in [3.63, 3.8) is 0 Å². The Hall–Kier alpha value is -1.23. The zero-order chi connectivity index (χ0) is 9.59. The van der Waals surface area contributed by atoms with Gasteiger partial charge in [0, 0.05) is 11.5 Å². The average Bonchev–Trinajstić information content (AvgIpc) is 2.32. The molecule has 5 heteroatoms. The molecule has 0 saturated heterocycles. The number of fused-ring (bicyclic) bond motifs is 1. The number of oxazole rings is 1. The van der Waals surface area contributed by atoms with E-state index in [0.717, 1.165) is 0 Å². The molecule has 0 saturated carbocycles. The lowest BCUT2D eigenvalue weighted by atomic mass is 10.3. The van der Waals surface area contributed by atoms with Crippen molar-refractivity contribution in [2.75, 3.05) is 0 Å². The summed E-state index contributed by atoms with van der Waals surface area (Å²) in [5, 5.41) is 9.41. The quantitative estimate of drug-likeness (QED) is 0.765. The van der Waals surface area contributed by atoms with Gasteiger partial charge < -0.3 is 9.52 Å². The maximum absolute atomic E-state index is 11.1. The second-order valence-electron chi connectivity index (χ2n) is 2.70. The van der Waals surface area contributed by atoms with Crippen molar-refractivity contribution < 1.29 is 9.52 Å². The molecule has 4 nitrogen and oxygen atoms in total. The molecule has 0 aliphatic carbocycles. The van der Waals surface area contributed by atoms with Gasteiger partial charge in [-0.3, -0.25) is 4.57 Å². The first-order valence-corrected chi connectivity index (χ1v) is 4.37. The van der Waals surface area contributed by atoms with Gasteiger partial charge in [0.1, 0.15) is 0 Å². The molecule has 13 heavy (non-hydrogen) atoms. The lowest BCUT2D eigenvalue weighted by molar-refractivity contribution is 0.455. The zero-order valence-corrected chi connectivity index (χ0v) is 8.33. The van der Waals surface area contributed by atoms with Crippen LogP contribution in [0.25, 0.3) is 11.1 Å². The highest BCUT2D eigenvalue weighted by Crippen LogP contribution is 2.27. The molecule has 0 unspecified atom stereocenters. The van der Waals surface area contributed by atoms with Crippen molar-refractivity contribution in [2.24, 2.45) is 7.05 Å². The number of hydrogen-bond acceptors (Lipinski definition) is 3. The van der Waals surface area contributed by atoms with Crippen molar-refractivity contribution >= 4 is 27.0 Å². The smallest absolute Gasteiger partial charge is 0.419 e. The molecule has 1 aromatic carbocycles. The topological polar surface area (TPSA) is 55.4 Å². The van der Waals surface area contributed by atoms with Gasteiger partial charge in [0.2, 0.25) is 0 Å². The molecule has 0 fully saturated rings. The maximum Gasteiger partial charge on any atom is 0.419 e. The van der Waals surface area contributed by atoms with Crippen LogP contribution in [-0.2, 0) is 7.05 Å². The Morgan fingerprint density at radius 2 is 2.23 bits per heavy atom.